The van der Waals surface area contributed by atoms with Crippen molar-refractivity contribution < 1.29 is 9.18 Å². The molecule has 3 nitrogen and oxygen atoms in total. The number of carbonyl (C=O) groups is 1. The minimum atomic E-state index is -0.302. The Kier molecular flexibility index (Phi) is 4.49. The lowest BCUT2D eigenvalue weighted by atomic mass is 9.81. The summed E-state index contributed by atoms with van der Waals surface area (Å²) in [5.41, 5.74) is 2.51. The molecule has 1 fully saturated rings. The number of amides is 1. The minimum absolute atomic E-state index is 0.0660. The predicted molar refractivity (Wildman–Crippen MR) is 102 cm³/mol. The Hall–Kier alpha value is -2.62. The van der Waals surface area contributed by atoms with E-state index in [1.54, 1.807) is 18.2 Å². The van der Waals surface area contributed by atoms with Crippen molar-refractivity contribution in [3.63, 3.8) is 0 Å². The molecule has 0 radical (unpaired) electrons. The number of benzene rings is 2. The molecule has 0 aliphatic heterocycles. The number of fused-ring (bicyclic) bond motifs is 1. The maximum absolute atomic E-state index is 13.9. The van der Waals surface area contributed by atoms with Crippen LogP contribution >= 0.6 is 0 Å². The van der Waals surface area contributed by atoms with E-state index in [2.05, 4.69) is 29.2 Å². The highest BCUT2D eigenvalue weighted by Gasteiger charge is 2.28. The van der Waals surface area contributed by atoms with Crippen LogP contribution in [0.4, 0.5) is 4.39 Å². The quantitative estimate of drug-likeness (QED) is 0.700. The summed E-state index contributed by atoms with van der Waals surface area (Å²) in [5, 5.41) is 0.469. The summed E-state index contributed by atoms with van der Waals surface area (Å²) in [5.74, 6) is 0.214. The van der Waals surface area contributed by atoms with Crippen LogP contribution in [0.25, 0.3) is 10.9 Å². The van der Waals surface area contributed by atoms with Gasteiger partial charge in [-0.1, -0.05) is 36.4 Å². The topological polar surface area (TPSA) is 36.1 Å². The van der Waals surface area contributed by atoms with Crippen molar-refractivity contribution in [1.29, 1.82) is 0 Å². The molecule has 1 saturated carbocycles. The van der Waals surface area contributed by atoms with Crippen LogP contribution in [0.1, 0.15) is 47.7 Å². The van der Waals surface area contributed by atoms with E-state index in [9.17, 15) is 9.18 Å². The lowest BCUT2D eigenvalue weighted by Gasteiger charge is -2.34. The van der Waals surface area contributed by atoms with Gasteiger partial charge in [0.05, 0.1) is 0 Å². The van der Waals surface area contributed by atoms with E-state index in [-0.39, 0.29) is 17.8 Å². The molecule has 1 aliphatic rings. The molecular weight excluding hydrogens is 327 g/mol. The number of hydrogen-bond donors (Lipinski definition) is 1. The molecule has 4 rings (SSSR count). The van der Waals surface area contributed by atoms with Gasteiger partial charge in [-0.2, -0.15) is 0 Å². The summed E-state index contributed by atoms with van der Waals surface area (Å²) >= 11 is 0. The number of hydrogen-bond acceptors (Lipinski definition) is 1. The molecule has 0 spiro atoms. The van der Waals surface area contributed by atoms with E-state index in [0.717, 1.165) is 25.7 Å². The van der Waals surface area contributed by atoms with Crippen molar-refractivity contribution in [3.8, 4) is 0 Å². The van der Waals surface area contributed by atoms with Gasteiger partial charge >= 0.3 is 0 Å². The fourth-order valence-electron chi connectivity index (χ4n) is 4.11. The summed E-state index contributed by atoms with van der Waals surface area (Å²) < 4.78 is 13.9. The van der Waals surface area contributed by atoms with Crippen LogP contribution in [0.2, 0.25) is 0 Å². The minimum Gasteiger partial charge on any atom is -0.350 e. The first-order valence-corrected chi connectivity index (χ1v) is 9.23. The van der Waals surface area contributed by atoms with Gasteiger partial charge in [0, 0.05) is 24.0 Å². The Morgan fingerprint density at radius 2 is 1.77 bits per heavy atom. The molecule has 4 heteroatoms. The number of H-pyrrole nitrogens is 1. The second-order valence-corrected chi connectivity index (χ2v) is 7.22. The molecule has 2 aromatic carbocycles. The van der Waals surface area contributed by atoms with E-state index >= 15 is 0 Å². The summed E-state index contributed by atoms with van der Waals surface area (Å²) in [7, 11) is 1.86. The van der Waals surface area contributed by atoms with E-state index < -0.39 is 0 Å². The zero-order valence-electron chi connectivity index (χ0n) is 14.9. The average Bonchev–Trinajstić information content (AvgIpc) is 3.13. The molecule has 1 aliphatic carbocycles. The SMILES string of the molecule is CN(C(=O)c1cc2c(F)cccc2[nH]1)C1CCC(c2ccccc2)CC1. The second kappa shape index (κ2) is 6.94. The van der Waals surface area contributed by atoms with Crippen LogP contribution in [0.15, 0.2) is 54.6 Å². The number of aromatic amines is 1. The zero-order valence-corrected chi connectivity index (χ0v) is 14.9. The molecule has 0 bridgehead atoms. The third-order valence-electron chi connectivity index (χ3n) is 5.68. The maximum Gasteiger partial charge on any atom is 0.270 e. The monoisotopic (exact) mass is 350 g/mol. The van der Waals surface area contributed by atoms with Crippen molar-refractivity contribution in [3.05, 3.63) is 71.7 Å². The molecule has 26 heavy (non-hydrogen) atoms. The smallest absolute Gasteiger partial charge is 0.270 e. The fraction of sp³-hybridized carbons (Fsp3) is 0.318. The van der Waals surface area contributed by atoms with Gasteiger partial charge in [-0.3, -0.25) is 4.79 Å². The molecule has 1 N–H and O–H groups in total. The molecule has 1 amide bonds. The van der Waals surface area contributed by atoms with Crippen LogP contribution in [0, 0.1) is 5.82 Å². The van der Waals surface area contributed by atoms with Crippen LogP contribution in [-0.4, -0.2) is 28.9 Å². The molecule has 1 heterocycles. The van der Waals surface area contributed by atoms with Crippen molar-refractivity contribution in [1.82, 2.24) is 9.88 Å². The van der Waals surface area contributed by atoms with Crippen molar-refractivity contribution in [2.45, 2.75) is 37.6 Å². The maximum atomic E-state index is 13.9. The van der Waals surface area contributed by atoms with E-state index in [4.69, 9.17) is 0 Å². The van der Waals surface area contributed by atoms with Crippen LogP contribution in [0.3, 0.4) is 0 Å². The summed E-state index contributed by atoms with van der Waals surface area (Å²) in [6.07, 6.45) is 4.17. The molecule has 0 saturated heterocycles. The Labute approximate surface area is 152 Å². The molecule has 134 valence electrons. The Morgan fingerprint density at radius 1 is 1.04 bits per heavy atom. The van der Waals surface area contributed by atoms with Crippen LogP contribution in [0.5, 0.6) is 0 Å². The molecule has 0 unspecified atom stereocenters. The molecule has 3 aromatic rings. The summed E-state index contributed by atoms with van der Waals surface area (Å²) in [6.45, 7) is 0. The lowest BCUT2D eigenvalue weighted by Crippen LogP contribution is -2.39. The van der Waals surface area contributed by atoms with Gasteiger partial charge in [0.1, 0.15) is 11.5 Å². The number of aromatic nitrogens is 1. The van der Waals surface area contributed by atoms with E-state index in [0.29, 0.717) is 22.5 Å². The summed E-state index contributed by atoms with van der Waals surface area (Å²) in [4.78, 5) is 17.7. The van der Waals surface area contributed by atoms with Crippen LogP contribution in [-0.2, 0) is 0 Å². The number of halogens is 1. The second-order valence-electron chi connectivity index (χ2n) is 7.22. The van der Waals surface area contributed by atoms with E-state index in [1.165, 1.54) is 11.6 Å². The fourth-order valence-corrected chi connectivity index (χ4v) is 4.11. The normalized spacial score (nSPS) is 20.2. The third-order valence-corrected chi connectivity index (χ3v) is 5.68. The molecular formula is C22H23FN2O. The first-order chi connectivity index (χ1) is 12.6. The predicted octanol–water partition coefficient (Wildman–Crippen LogP) is 5.11. The van der Waals surface area contributed by atoms with Crippen molar-refractivity contribution in [2.75, 3.05) is 7.05 Å². The number of rotatable bonds is 3. The van der Waals surface area contributed by atoms with Gasteiger partial charge in [-0.15, -0.1) is 0 Å². The summed E-state index contributed by atoms with van der Waals surface area (Å²) in [6, 6.07) is 17.3. The molecule has 0 atom stereocenters. The van der Waals surface area contributed by atoms with Gasteiger partial charge in [0.2, 0.25) is 0 Å². The number of carbonyl (C=O) groups excluding carboxylic acids is 1. The average molecular weight is 350 g/mol. The van der Waals surface area contributed by atoms with Gasteiger partial charge in [0.25, 0.3) is 5.91 Å². The zero-order chi connectivity index (χ0) is 18.1. The van der Waals surface area contributed by atoms with Crippen LogP contribution < -0.4 is 0 Å². The third kappa shape index (κ3) is 3.12. The van der Waals surface area contributed by atoms with E-state index in [1.807, 2.05) is 18.0 Å². The molecule has 1 aromatic heterocycles. The van der Waals surface area contributed by atoms with Gasteiger partial charge < -0.3 is 9.88 Å². The standard InChI is InChI=1S/C22H23FN2O/c1-25(17-12-10-16(11-13-17)15-6-3-2-4-7-15)22(26)21-14-18-19(23)8-5-9-20(18)24-21/h2-9,14,16-17,24H,10-13H2,1H3. The Bertz CT molecular complexity index is 910. The van der Waals surface area contributed by atoms with Gasteiger partial charge in [-0.25, -0.2) is 4.39 Å². The largest absolute Gasteiger partial charge is 0.350 e. The lowest BCUT2D eigenvalue weighted by molar-refractivity contribution is 0.0684. The highest BCUT2D eigenvalue weighted by Crippen LogP contribution is 2.34. The highest BCUT2D eigenvalue weighted by molar-refractivity contribution is 5.98. The Balaban J connectivity index is 1.45. The van der Waals surface area contributed by atoms with Gasteiger partial charge in [-0.05, 0) is 55.4 Å². The van der Waals surface area contributed by atoms with Crippen molar-refractivity contribution in [2.24, 2.45) is 0 Å². The highest BCUT2D eigenvalue weighted by atomic mass is 19.1. The first-order valence-electron chi connectivity index (χ1n) is 9.23. The number of nitrogens with one attached hydrogen (secondary N) is 1. The number of nitrogens with zero attached hydrogens (tertiary/aromatic N) is 1. The first kappa shape index (κ1) is 16.8. The van der Waals surface area contributed by atoms with Gasteiger partial charge in [0.15, 0.2) is 0 Å². The Morgan fingerprint density at radius 3 is 2.46 bits per heavy atom. The van der Waals surface area contributed by atoms with Crippen molar-refractivity contribution >= 4 is 16.8 Å².